The lowest BCUT2D eigenvalue weighted by Gasteiger charge is -2.04. The Bertz CT molecular complexity index is 182. The summed E-state index contributed by atoms with van der Waals surface area (Å²) in [7, 11) is 0. The van der Waals surface area contributed by atoms with E-state index in [4.69, 9.17) is 0 Å². The first-order chi connectivity index (χ1) is 4.57. The third-order valence-electron chi connectivity index (χ3n) is 1.83. The second-order valence-corrected chi connectivity index (χ2v) is 2.87. The molecule has 1 heterocycles. The molecule has 1 rings (SSSR count). The highest BCUT2D eigenvalue weighted by atomic mass is 16.1. The van der Waals surface area contributed by atoms with E-state index in [1.807, 2.05) is 0 Å². The van der Waals surface area contributed by atoms with Crippen LogP contribution >= 0.6 is 0 Å². The molecule has 0 bridgehead atoms. The molecule has 1 unspecified atom stereocenters. The number of nitrogens with one attached hydrogen (secondary N) is 1. The van der Waals surface area contributed by atoms with Crippen LogP contribution in [0.3, 0.4) is 0 Å². The van der Waals surface area contributed by atoms with E-state index in [2.05, 4.69) is 5.32 Å². The quantitative estimate of drug-likeness (QED) is 0.558. The van der Waals surface area contributed by atoms with E-state index in [1.54, 1.807) is 0 Å². The molecule has 10 heavy (non-hydrogen) atoms. The predicted octanol–water partition coefficient (Wildman–Crippen LogP) is -0.104. The lowest BCUT2D eigenvalue weighted by atomic mass is 9.99. The Morgan fingerprint density at radius 1 is 1.50 bits per heavy atom. The Hall–Kier alpha value is -0.700. The van der Waals surface area contributed by atoms with Gasteiger partial charge >= 0.3 is 0 Å². The maximum atomic E-state index is 10.8. The molecule has 1 atom stereocenters. The van der Waals surface area contributed by atoms with Crippen LogP contribution in [-0.2, 0) is 9.59 Å². The third-order valence-corrected chi connectivity index (χ3v) is 1.83. The summed E-state index contributed by atoms with van der Waals surface area (Å²) in [4.78, 5) is 21.5. The van der Waals surface area contributed by atoms with Crippen molar-refractivity contribution >= 4 is 11.6 Å². The fourth-order valence-corrected chi connectivity index (χ4v) is 1.03. The van der Waals surface area contributed by atoms with Crippen molar-refractivity contribution in [3.8, 4) is 0 Å². The lowest BCUT2D eigenvalue weighted by Crippen LogP contribution is -2.27. The standard InChI is InChI=1S/C7H11NO2/c1-5(9)3-7(4-8-7)6(2)10/h8H,3-4H2,1-2H3. The van der Waals surface area contributed by atoms with Crippen LogP contribution in [0.25, 0.3) is 0 Å². The van der Waals surface area contributed by atoms with E-state index >= 15 is 0 Å². The summed E-state index contributed by atoms with van der Waals surface area (Å²) >= 11 is 0. The molecule has 56 valence electrons. The number of hydrogen-bond acceptors (Lipinski definition) is 3. The monoisotopic (exact) mass is 141 g/mol. The van der Waals surface area contributed by atoms with Crippen molar-refractivity contribution in [2.24, 2.45) is 0 Å². The zero-order valence-corrected chi connectivity index (χ0v) is 6.23. The normalized spacial score (nSPS) is 29.8. The van der Waals surface area contributed by atoms with Crippen molar-refractivity contribution in [3.05, 3.63) is 0 Å². The maximum absolute atomic E-state index is 10.8. The summed E-state index contributed by atoms with van der Waals surface area (Å²) in [5.41, 5.74) is -0.466. The van der Waals surface area contributed by atoms with Gasteiger partial charge in [-0.1, -0.05) is 0 Å². The van der Waals surface area contributed by atoms with Crippen LogP contribution in [0.5, 0.6) is 0 Å². The molecule has 3 nitrogen and oxygen atoms in total. The first-order valence-electron chi connectivity index (χ1n) is 3.32. The molecule has 1 saturated heterocycles. The molecule has 0 spiro atoms. The van der Waals surface area contributed by atoms with Gasteiger partial charge in [0.15, 0.2) is 5.78 Å². The van der Waals surface area contributed by atoms with Gasteiger partial charge in [-0.25, -0.2) is 0 Å². The molecule has 3 heteroatoms. The number of rotatable bonds is 3. The minimum Gasteiger partial charge on any atom is -0.301 e. The van der Waals surface area contributed by atoms with Crippen molar-refractivity contribution < 1.29 is 9.59 Å². The zero-order chi connectivity index (χ0) is 7.78. The maximum Gasteiger partial charge on any atom is 0.151 e. The molecular weight excluding hydrogens is 130 g/mol. The number of ketones is 2. The molecule has 0 aromatic carbocycles. The molecule has 0 aromatic rings. The molecule has 1 N–H and O–H groups in total. The Balaban J connectivity index is 2.53. The van der Waals surface area contributed by atoms with Gasteiger partial charge in [0.05, 0.1) is 5.54 Å². The van der Waals surface area contributed by atoms with E-state index in [0.29, 0.717) is 13.0 Å². The number of Topliss-reactive ketones (excluding diaryl/α,β-unsaturated/α-hetero) is 2. The Morgan fingerprint density at radius 3 is 2.10 bits per heavy atom. The van der Waals surface area contributed by atoms with Gasteiger partial charge in [0, 0.05) is 13.0 Å². The molecule has 0 aliphatic carbocycles. The SMILES string of the molecule is CC(=O)CC1(C(C)=O)CN1. The molecule has 1 aliphatic rings. The highest BCUT2D eigenvalue weighted by Gasteiger charge is 2.47. The van der Waals surface area contributed by atoms with Gasteiger partial charge in [0.2, 0.25) is 0 Å². The van der Waals surface area contributed by atoms with Crippen LogP contribution in [0.15, 0.2) is 0 Å². The van der Waals surface area contributed by atoms with Gasteiger partial charge in [-0.05, 0) is 13.8 Å². The van der Waals surface area contributed by atoms with E-state index in [1.165, 1.54) is 13.8 Å². The van der Waals surface area contributed by atoms with Crippen molar-refractivity contribution in [2.45, 2.75) is 25.8 Å². The average Bonchev–Trinajstić information content (AvgIpc) is 2.46. The van der Waals surface area contributed by atoms with Crippen LogP contribution in [0.2, 0.25) is 0 Å². The Morgan fingerprint density at radius 2 is 2.00 bits per heavy atom. The Kier molecular flexibility index (Phi) is 1.60. The number of hydrogen-bond donors (Lipinski definition) is 1. The van der Waals surface area contributed by atoms with Gasteiger partial charge in [0.25, 0.3) is 0 Å². The minimum atomic E-state index is -0.466. The van der Waals surface area contributed by atoms with Gasteiger partial charge in [0.1, 0.15) is 5.78 Å². The van der Waals surface area contributed by atoms with Crippen molar-refractivity contribution in [1.29, 1.82) is 0 Å². The van der Waals surface area contributed by atoms with Crippen LogP contribution in [0.4, 0.5) is 0 Å². The summed E-state index contributed by atoms with van der Waals surface area (Å²) in [5, 5.41) is 2.91. The van der Waals surface area contributed by atoms with Gasteiger partial charge in [-0.3, -0.25) is 9.59 Å². The van der Waals surface area contributed by atoms with E-state index in [-0.39, 0.29) is 11.6 Å². The summed E-state index contributed by atoms with van der Waals surface area (Å²) in [5.74, 6) is 0.142. The fourth-order valence-electron chi connectivity index (χ4n) is 1.03. The smallest absolute Gasteiger partial charge is 0.151 e. The molecule has 0 amide bonds. The topological polar surface area (TPSA) is 56.1 Å². The van der Waals surface area contributed by atoms with Crippen LogP contribution < -0.4 is 5.32 Å². The summed E-state index contributed by atoms with van der Waals surface area (Å²) in [6.07, 6.45) is 0.350. The van der Waals surface area contributed by atoms with Crippen molar-refractivity contribution in [1.82, 2.24) is 5.32 Å². The summed E-state index contributed by atoms with van der Waals surface area (Å²) in [6, 6.07) is 0. The van der Waals surface area contributed by atoms with E-state index in [9.17, 15) is 9.59 Å². The second-order valence-electron chi connectivity index (χ2n) is 2.87. The van der Waals surface area contributed by atoms with Crippen LogP contribution in [0, 0.1) is 0 Å². The molecule has 0 radical (unpaired) electrons. The highest BCUT2D eigenvalue weighted by Crippen LogP contribution is 2.22. The van der Waals surface area contributed by atoms with Crippen molar-refractivity contribution in [3.63, 3.8) is 0 Å². The minimum absolute atomic E-state index is 0.0696. The summed E-state index contributed by atoms with van der Waals surface area (Å²) < 4.78 is 0. The van der Waals surface area contributed by atoms with Crippen LogP contribution in [0.1, 0.15) is 20.3 Å². The molecule has 0 saturated carbocycles. The predicted molar refractivity (Wildman–Crippen MR) is 36.7 cm³/mol. The van der Waals surface area contributed by atoms with Gasteiger partial charge in [-0.2, -0.15) is 0 Å². The van der Waals surface area contributed by atoms with Crippen molar-refractivity contribution in [2.75, 3.05) is 6.54 Å². The molecule has 1 fully saturated rings. The highest BCUT2D eigenvalue weighted by molar-refractivity contribution is 5.94. The third kappa shape index (κ3) is 1.24. The first-order valence-corrected chi connectivity index (χ1v) is 3.32. The zero-order valence-electron chi connectivity index (χ0n) is 6.23. The number of carbonyl (C=O) groups excluding carboxylic acids is 2. The molecular formula is C7H11NO2. The van der Waals surface area contributed by atoms with Crippen LogP contribution in [-0.4, -0.2) is 23.7 Å². The fraction of sp³-hybridized carbons (Fsp3) is 0.714. The van der Waals surface area contributed by atoms with E-state index < -0.39 is 5.54 Å². The molecule has 1 aliphatic heterocycles. The summed E-state index contributed by atoms with van der Waals surface area (Å²) in [6.45, 7) is 3.69. The first kappa shape index (κ1) is 7.41. The average molecular weight is 141 g/mol. The largest absolute Gasteiger partial charge is 0.301 e. The van der Waals surface area contributed by atoms with Gasteiger partial charge in [-0.15, -0.1) is 0 Å². The number of carbonyl (C=O) groups is 2. The molecule has 0 aromatic heterocycles. The second kappa shape index (κ2) is 2.16. The van der Waals surface area contributed by atoms with E-state index in [0.717, 1.165) is 0 Å². The Labute approximate surface area is 59.8 Å². The lowest BCUT2D eigenvalue weighted by molar-refractivity contribution is -0.124. The van der Waals surface area contributed by atoms with Gasteiger partial charge < -0.3 is 5.32 Å².